The zero-order valence-corrected chi connectivity index (χ0v) is 9.92. The quantitative estimate of drug-likeness (QED) is 0.752. The normalized spacial score (nSPS) is 27.5. The Kier molecular flexibility index (Phi) is 5.11. The minimum atomic E-state index is -3.13. The maximum Gasteiger partial charge on any atom is 0.407 e. The van der Waals surface area contributed by atoms with E-state index in [2.05, 4.69) is 5.32 Å². The van der Waals surface area contributed by atoms with Gasteiger partial charge in [-0.05, 0) is 19.3 Å². The number of carbonyl (C=O) groups excluding carboxylic acids is 1. The molecule has 100 valence electrons. The van der Waals surface area contributed by atoms with Crippen LogP contribution >= 0.6 is 0 Å². The van der Waals surface area contributed by atoms with E-state index >= 15 is 0 Å². The summed E-state index contributed by atoms with van der Waals surface area (Å²) in [5.41, 5.74) is 0. The van der Waals surface area contributed by atoms with Gasteiger partial charge < -0.3 is 15.2 Å². The number of hydrogen-bond donors (Lipinski definition) is 2. The zero-order chi connectivity index (χ0) is 12.9. The second kappa shape index (κ2) is 6.14. The van der Waals surface area contributed by atoms with E-state index in [0.717, 1.165) is 12.8 Å². The second-order valence-corrected chi connectivity index (χ2v) is 4.34. The largest absolute Gasteiger partial charge is 0.450 e. The first kappa shape index (κ1) is 14.2. The number of alkyl halides is 2. The molecule has 0 unspecified atom stereocenters. The predicted molar refractivity (Wildman–Crippen MR) is 58.0 cm³/mol. The SMILES string of the molecule is CCCCOC(=O)N[C@@H]1CCCC(F)(F)[C@H]1O. The van der Waals surface area contributed by atoms with Crippen LogP contribution in [0.1, 0.15) is 39.0 Å². The van der Waals surface area contributed by atoms with Crippen LogP contribution in [-0.2, 0) is 4.74 Å². The fourth-order valence-electron chi connectivity index (χ4n) is 1.81. The van der Waals surface area contributed by atoms with Crippen LogP contribution in [0.4, 0.5) is 13.6 Å². The van der Waals surface area contributed by atoms with Gasteiger partial charge in [0.15, 0.2) is 0 Å². The second-order valence-electron chi connectivity index (χ2n) is 4.34. The molecule has 0 spiro atoms. The Hall–Kier alpha value is -0.910. The van der Waals surface area contributed by atoms with Gasteiger partial charge in [0.2, 0.25) is 0 Å². The zero-order valence-electron chi connectivity index (χ0n) is 9.92. The van der Waals surface area contributed by atoms with E-state index in [-0.39, 0.29) is 19.4 Å². The summed E-state index contributed by atoms with van der Waals surface area (Å²) in [5, 5.41) is 11.7. The number of hydrogen-bond acceptors (Lipinski definition) is 3. The fraction of sp³-hybridized carbons (Fsp3) is 0.909. The smallest absolute Gasteiger partial charge is 0.407 e. The maximum atomic E-state index is 13.2. The first-order chi connectivity index (χ1) is 7.97. The Morgan fingerprint density at radius 2 is 2.29 bits per heavy atom. The van der Waals surface area contributed by atoms with E-state index in [4.69, 9.17) is 4.74 Å². The van der Waals surface area contributed by atoms with E-state index in [9.17, 15) is 18.7 Å². The summed E-state index contributed by atoms with van der Waals surface area (Å²) >= 11 is 0. The van der Waals surface area contributed by atoms with Crippen LogP contribution in [0.3, 0.4) is 0 Å². The van der Waals surface area contributed by atoms with Crippen molar-refractivity contribution >= 4 is 6.09 Å². The van der Waals surface area contributed by atoms with Gasteiger partial charge in [0, 0.05) is 6.42 Å². The van der Waals surface area contributed by atoms with Gasteiger partial charge >= 0.3 is 6.09 Å². The van der Waals surface area contributed by atoms with Crippen molar-refractivity contribution in [2.45, 2.75) is 57.1 Å². The Morgan fingerprint density at radius 1 is 1.59 bits per heavy atom. The van der Waals surface area contributed by atoms with Crippen LogP contribution in [-0.4, -0.2) is 35.9 Å². The van der Waals surface area contributed by atoms with Crippen LogP contribution in [0.15, 0.2) is 0 Å². The molecule has 4 nitrogen and oxygen atoms in total. The number of aliphatic hydroxyl groups is 1. The molecule has 1 aliphatic rings. The fourth-order valence-corrected chi connectivity index (χ4v) is 1.81. The van der Waals surface area contributed by atoms with E-state index < -0.39 is 24.2 Å². The van der Waals surface area contributed by atoms with Crippen molar-refractivity contribution in [3.8, 4) is 0 Å². The molecule has 6 heteroatoms. The minimum Gasteiger partial charge on any atom is -0.450 e. The molecule has 0 bridgehead atoms. The van der Waals surface area contributed by atoms with Crippen LogP contribution in [0.5, 0.6) is 0 Å². The number of ether oxygens (including phenoxy) is 1. The van der Waals surface area contributed by atoms with Crippen LogP contribution in [0.2, 0.25) is 0 Å². The van der Waals surface area contributed by atoms with Crippen molar-refractivity contribution in [1.29, 1.82) is 0 Å². The van der Waals surface area contributed by atoms with Crippen LogP contribution in [0.25, 0.3) is 0 Å². The average Bonchev–Trinajstić information content (AvgIpc) is 2.25. The van der Waals surface area contributed by atoms with Crippen molar-refractivity contribution in [3.05, 3.63) is 0 Å². The third kappa shape index (κ3) is 4.11. The van der Waals surface area contributed by atoms with Crippen molar-refractivity contribution < 1.29 is 23.4 Å². The summed E-state index contributed by atoms with van der Waals surface area (Å²) in [7, 11) is 0. The molecule has 2 N–H and O–H groups in total. The van der Waals surface area contributed by atoms with Gasteiger partial charge in [0.25, 0.3) is 5.92 Å². The number of aliphatic hydroxyl groups excluding tert-OH is 1. The lowest BCUT2D eigenvalue weighted by Crippen LogP contribution is -2.54. The molecule has 0 aromatic heterocycles. The highest BCUT2D eigenvalue weighted by Gasteiger charge is 2.46. The number of carbonyl (C=O) groups is 1. The molecule has 1 rings (SSSR count). The molecule has 1 aliphatic carbocycles. The highest BCUT2D eigenvalue weighted by molar-refractivity contribution is 5.67. The molecule has 1 saturated carbocycles. The van der Waals surface area contributed by atoms with Gasteiger partial charge in [-0.1, -0.05) is 13.3 Å². The molecule has 17 heavy (non-hydrogen) atoms. The molecule has 0 saturated heterocycles. The number of halogens is 2. The van der Waals surface area contributed by atoms with Crippen molar-refractivity contribution in [2.24, 2.45) is 0 Å². The van der Waals surface area contributed by atoms with Crippen molar-refractivity contribution in [1.82, 2.24) is 5.32 Å². The minimum absolute atomic E-state index is 0.265. The van der Waals surface area contributed by atoms with Gasteiger partial charge in [-0.2, -0.15) is 0 Å². The van der Waals surface area contributed by atoms with Gasteiger partial charge in [-0.3, -0.25) is 0 Å². The van der Waals surface area contributed by atoms with E-state index in [0.29, 0.717) is 6.42 Å². The monoisotopic (exact) mass is 251 g/mol. The third-order valence-corrected chi connectivity index (χ3v) is 2.87. The number of nitrogens with one attached hydrogen (secondary N) is 1. The van der Waals surface area contributed by atoms with Gasteiger partial charge in [0.1, 0.15) is 6.10 Å². The highest BCUT2D eigenvalue weighted by Crippen LogP contribution is 2.33. The van der Waals surface area contributed by atoms with Crippen LogP contribution in [0, 0.1) is 0 Å². The average molecular weight is 251 g/mol. The van der Waals surface area contributed by atoms with Crippen LogP contribution < -0.4 is 5.32 Å². The Labute approximate surface area is 99.3 Å². The molecule has 0 radical (unpaired) electrons. The molecule has 0 heterocycles. The molecule has 0 aromatic carbocycles. The molecular formula is C11H19F2NO3. The summed E-state index contributed by atoms with van der Waals surface area (Å²) in [6.45, 7) is 2.22. The van der Waals surface area contributed by atoms with E-state index in [1.807, 2.05) is 6.92 Å². The first-order valence-corrected chi connectivity index (χ1v) is 5.96. The molecule has 0 aliphatic heterocycles. The van der Waals surface area contributed by atoms with Gasteiger partial charge in [-0.15, -0.1) is 0 Å². The van der Waals surface area contributed by atoms with Crippen molar-refractivity contribution in [2.75, 3.05) is 6.61 Å². The topological polar surface area (TPSA) is 58.6 Å². The first-order valence-electron chi connectivity index (χ1n) is 5.96. The summed E-state index contributed by atoms with van der Waals surface area (Å²) in [4.78, 5) is 11.3. The Morgan fingerprint density at radius 3 is 2.94 bits per heavy atom. The summed E-state index contributed by atoms with van der Waals surface area (Å²) in [6, 6.07) is -0.923. The highest BCUT2D eigenvalue weighted by atomic mass is 19.3. The molecule has 2 atom stereocenters. The third-order valence-electron chi connectivity index (χ3n) is 2.87. The summed E-state index contributed by atoms with van der Waals surface area (Å²) in [6.07, 6.45) is -0.648. The lowest BCUT2D eigenvalue weighted by atomic mass is 9.89. The van der Waals surface area contributed by atoms with E-state index in [1.54, 1.807) is 0 Å². The van der Waals surface area contributed by atoms with Gasteiger partial charge in [-0.25, -0.2) is 13.6 Å². The van der Waals surface area contributed by atoms with Gasteiger partial charge in [0.05, 0.1) is 12.6 Å². The Bertz CT molecular complexity index is 261. The maximum absolute atomic E-state index is 13.2. The predicted octanol–water partition coefficient (Wildman–Crippen LogP) is 2.06. The molecule has 0 aromatic rings. The molecule has 1 fully saturated rings. The number of rotatable bonds is 4. The molecule has 1 amide bonds. The molecular weight excluding hydrogens is 232 g/mol. The number of amides is 1. The number of unbranched alkanes of at least 4 members (excludes halogenated alkanes) is 1. The standard InChI is InChI=1S/C11H19F2NO3/c1-2-3-7-17-10(16)14-8-5-4-6-11(12,13)9(8)15/h8-9,15H,2-7H2,1H3,(H,14,16)/t8-,9+/m1/s1. The Balaban J connectivity index is 2.37. The van der Waals surface area contributed by atoms with Crippen molar-refractivity contribution in [3.63, 3.8) is 0 Å². The summed E-state index contributed by atoms with van der Waals surface area (Å²) in [5.74, 6) is -3.13. The number of alkyl carbamates (subject to hydrolysis) is 1. The summed E-state index contributed by atoms with van der Waals surface area (Å²) < 4.78 is 31.1. The van der Waals surface area contributed by atoms with E-state index in [1.165, 1.54) is 0 Å². The lowest BCUT2D eigenvalue weighted by Gasteiger charge is -2.34. The lowest BCUT2D eigenvalue weighted by molar-refractivity contribution is -0.142.